The Hall–Kier alpha value is -1.55. The molecule has 0 aromatic heterocycles. The summed E-state index contributed by atoms with van der Waals surface area (Å²) in [6.45, 7) is 6.07. The van der Waals surface area contributed by atoms with Gasteiger partial charge in [0.2, 0.25) is 0 Å². The Bertz CT molecular complexity index is 469. The lowest BCUT2D eigenvalue weighted by Crippen LogP contribution is -2.16. The summed E-state index contributed by atoms with van der Waals surface area (Å²) in [5, 5.41) is 0. The van der Waals surface area contributed by atoms with Crippen LogP contribution in [0.25, 0.3) is 0 Å². The lowest BCUT2D eigenvalue weighted by Gasteiger charge is -2.20. The number of ether oxygens (including phenoxy) is 2. The van der Waals surface area contributed by atoms with Gasteiger partial charge in [0.25, 0.3) is 0 Å². The number of rotatable bonds is 5. The van der Waals surface area contributed by atoms with Gasteiger partial charge < -0.3 is 15.2 Å². The molecule has 1 atom stereocenters. The van der Waals surface area contributed by atoms with Crippen LogP contribution in [0.15, 0.2) is 6.07 Å². The maximum atomic E-state index is 11.2. The van der Waals surface area contributed by atoms with Gasteiger partial charge in [-0.3, -0.25) is 4.79 Å². The van der Waals surface area contributed by atoms with E-state index >= 15 is 0 Å². The van der Waals surface area contributed by atoms with Crippen LogP contribution in [0.3, 0.4) is 0 Å². The number of methoxy groups -OCH3 is 2. The molecule has 0 fully saturated rings. The molecule has 0 saturated carbocycles. The second-order valence-corrected chi connectivity index (χ2v) is 4.78. The first kappa shape index (κ1) is 15.5. The molecule has 4 heteroatoms. The molecule has 1 unspecified atom stereocenters. The maximum absolute atomic E-state index is 11.2. The first-order chi connectivity index (χ1) is 8.92. The molecule has 0 amide bonds. The highest BCUT2D eigenvalue weighted by Crippen LogP contribution is 2.31. The lowest BCUT2D eigenvalue weighted by molar-refractivity contribution is -0.140. The zero-order chi connectivity index (χ0) is 14.6. The molecular weight excluding hydrogens is 242 g/mol. The van der Waals surface area contributed by atoms with Crippen LogP contribution in [0, 0.1) is 20.8 Å². The topological polar surface area (TPSA) is 61.5 Å². The van der Waals surface area contributed by atoms with Crippen LogP contribution in [0.5, 0.6) is 5.75 Å². The van der Waals surface area contributed by atoms with Crippen LogP contribution in [0.2, 0.25) is 0 Å². The summed E-state index contributed by atoms with van der Waals surface area (Å²) in [5.74, 6) is 0.648. The predicted molar refractivity (Wildman–Crippen MR) is 75.4 cm³/mol. The molecule has 0 aliphatic carbocycles. The van der Waals surface area contributed by atoms with Crippen molar-refractivity contribution in [2.24, 2.45) is 5.73 Å². The second-order valence-electron chi connectivity index (χ2n) is 4.78. The number of hydrogen-bond acceptors (Lipinski definition) is 4. The summed E-state index contributed by atoms with van der Waals surface area (Å²) in [5.41, 5.74) is 10.6. The second kappa shape index (κ2) is 6.57. The average molecular weight is 265 g/mol. The molecule has 2 N–H and O–H groups in total. The standard InChI is InChI=1S/C15H23NO3/c1-9-8-13(18-4)10(2)11(3)15(9)12(16)6-7-14(17)19-5/h8,12H,6-7,16H2,1-5H3. The van der Waals surface area contributed by atoms with Crippen LogP contribution in [0.1, 0.15) is 41.1 Å². The van der Waals surface area contributed by atoms with Crippen molar-refractivity contribution in [3.63, 3.8) is 0 Å². The van der Waals surface area contributed by atoms with E-state index in [1.807, 2.05) is 26.8 Å². The lowest BCUT2D eigenvalue weighted by atomic mass is 9.90. The molecule has 4 nitrogen and oxygen atoms in total. The fraction of sp³-hybridized carbons (Fsp3) is 0.533. The zero-order valence-corrected chi connectivity index (χ0v) is 12.4. The molecule has 1 aromatic rings. The summed E-state index contributed by atoms with van der Waals surface area (Å²) in [7, 11) is 3.06. The van der Waals surface area contributed by atoms with Gasteiger partial charge in [-0.1, -0.05) is 0 Å². The van der Waals surface area contributed by atoms with E-state index in [0.29, 0.717) is 12.8 Å². The van der Waals surface area contributed by atoms with E-state index in [2.05, 4.69) is 4.74 Å². The Morgan fingerprint density at radius 3 is 2.42 bits per heavy atom. The van der Waals surface area contributed by atoms with Crippen molar-refractivity contribution in [3.8, 4) is 5.75 Å². The fourth-order valence-electron chi connectivity index (χ4n) is 2.37. The summed E-state index contributed by atoms with van der Waals surface area (Å²) in [4.78, 5) is 11.2. The Balaban J connectivity index is 3.00. The highest BCUT2D eigenvalue weighted by molar-refractivity contribution is 5.69. The number of esters is 1. The molecular formula is C15H23NO3. The number of carbonyl (C=O) groups is 1. The summed E-state index contributed by atoms with van der Waals surface area (Å²) in [6, 6.07) is 1.83. The van der Waals surface area contributed by atoms with Crippen LogP contribution < -0.4 is 10.5 Å². The number of nitrogens with two attached hydrogens (primary N) is 1. The summed E-state index contributed by atoms with van der Waals surface area (Å²) < 4.78 is 9.98. The van der Waals surface area contributed by atoms with Gasteiger partial charge in [-0.15, -0.1) is 0 Å². The maximum Gasteiger partial charge on any atom is 0.305 e. The van der Waals surface area contributed by atoms with Crippen molar-refractivity contribution in [1.29, 1.82) is 0 Å². The van der Waals surface area contributed by atoms with Crippen molar-refractivity contribution >= 4 is 5.97 Å². The normalized spacial score (nSPS) is 12.1. The van der Waals surface area contributed by atoms with Crippen LogP contribution in [-0.4, -0.2) is 20.2 Å². The third-order valence-electron chi connectivity index (χ3n) is 3.59. The van der Waals surface area contributed by atoms with E-state index in [1.54, 1.807) is 7.11 Å². The first-order valence-electron chi connectivity index (χ1n) is 6.39. The smallest absolute Gasteiger partial charge is 0.305 e. The van der Waals surface area contributed by atoms with Gasteiger partial charge in [0.1, 0.15) is 5.75 Å². The molecule has 0 radical (unpaired) electrons. The van der Waals surface area contributed by atoms with Crippen molar-refractivity contribution in [2.45, 2.75) is 39.7 Å². The molecule has 0 aliphatic heterocycles. The minimum atomic E-state index is -0.226. The molecule has 0 bridgehead atoms. The van der Waals surface area contributed by atoms with Gasteiger partial charge in [0.15, 0.2) is 0 Å². The highest BCUT2D eigenvalue weighted by Gasteiger charge is 2.17. The number of hydrogen-bond donors (Lipinski definition) is 1. The van der Waals surface area contributed by atoms with Crippen LogP contribution in [-0.2, 0) is 9.53 Å². The van der Waals surface area contributed by atoms with E-state index in [9.17, 15) is 4.79 Å². The summed E-state index contributed by atoms with van der Waals surface area (Å²) in [6.07, 6.45) is 0.918. The van der Waals surface area contributed by atoms with Crippen molar-refractivity contribution in [2.75, 3.05) is 14.2 Å². The number of carbonyl (C=O) groups excluding carboxylic acids is 1. The minimum absolute atomic E-state index is 0.163. The van der Waals surface area contributed by atoms with E-state index in [-0.39, 0.29) is 12.0 Å². The van der Waals surface area contributed by atoms with Crippen molar-refractivity contribution in [3.05, 3.63) is 28.3 Å². The molecule has 0 saturated heterocycles. The largest absolute Gasteiger partial charge is 0.496 e. The van der Waals surface area contributed by atoms with Gasteiger partial charge in [-0.25, -0.2) is 0 Å². The van der Waals surface area contributed by atoms with Gasteiger partial charge in [-0.05, 0) is 55.5 Å². The first-order valence-corrected chi connectivity index (χ1v) is 6.39. The van der Waals surface area contributed by atoms with Gasteiger partial charge in [0.05, 0.1) is 14.2 Å². The van der Waals surface area contributed by atoms with Crippen molar-refractivity contribution in [1.82, 2.24) is 0 Å². The molecule has 0 heterocycles. The van der Waals surface area contributed by atoms with Gasteiger partial charge in [-0.2, -0.15) is 0 Å². The molecule has 1 rings (SSSR count). The van der Waals surface area contributed by atoms with E-state index in [0.717, 1.165) is 28.0 Å². The Labute approximate surface area is 114 Å². The highest BCUT2D eigenvalue weighted by atomic mass is 16.5. The SMILES string of the molecule is COC(=O)CCC(N)c1c(C)cc(OC)c(C)c1C. The Kier molecular flexibility index (Phi) is 5.36. The fourth-order valence-corrected chi connectivity index (χ4v) is 2.37. The predicted octanol–water partition coefficient (Wildman–Crippen LogP) is 2.57. The molecule has 19 heavy (non-hydrogen) atoms. The number of aryl methyl sites for hydroxylation is 1. The van der Waals surface area contributed by atoms with Crippen LogP contribution >= 0.6 is 0 Å². The van der Waals surface area contributed by atoms with Crippen molar-refractivity contribution < 1.29 is 14.3 Å². The average Bonchev–Trinajstić information content (AvgIpc) is 2.40. The molecule has 0 spiro atoms. The Morgan fingerprint density at radius 1 is 1.26 bits per heavy atom. The van der Waals surface area contributed by atoms with Crippen LogP contribution in [0.4, 0.5) is 0 Å². The van der Waals surface area contributed by atoms with E-state index in [1.165, 1.54) is 7.11 Å². The van der Waals surface area contributed by atoms with Gasteiger partial charge >= 0.3 is 5.97 Å². The molecule has 0 aliphatic rings. The quantitative estimate of drug-likeness (QED) is 0.831. The van der Waals surface area contributed by atoms with E-state index in [4.69, 9.17) is 10.5 Å². The molecule has 106 valence electrons. The Morgan fingerprint density at radius 2 is 1.89 bits per heavy atom. The van der Waals surface area contributed by atoms with E-state index < -0.39 is 0 Å². The summed E-state index contributed by atoms with van der Waals surface area (Å²) >= 11 is 0. The third kappa shape index (κ3) is 3.47. The monoisotopic (exact) mass is 265 g/mol. The van der Waals surface area contributed by atoms with Gasteiger partial charge in [0, 0.05) is 12.5 Å². The number of benzene rings is 1. The minimum Gasteiger partial charge on any atom is -0.496 e. The molecule has 1 aromatic carbocycles. The zero-order valence-electron chi connectivity index (χ0n) is 12.4. The third-order valence-corrected chi connectivity index (χ3v) is 3.59.